The number of nitrogens with one attached hydrogen (secondary N) is 1. The van der Waals surface area contributed by atoms with Crippen LogP contribution in [-0.4, -0.2) is 27.9 Å². The van der Waals surface area contributed by atoms with E-state index in [1.807, 2.05) is 16.7 Å². The van der Waals surface area contributed by atoms with Gasteiger partial charge in [0.15, 0.2) is 0 Å². The van der Waals surface area contributed by atoms with E-state index in [0.717, 1.165) is 27.7 Å². The summed E-state index contributed by atoms with van der Waals surface area (Å²) >= 11 is 0. The Labute approximate surface area is 143 Å². The highest BCUT2D eigenvalue weighted by Gasteiger charge is 2.26. The maximum Gasteiger partial charge on any atom is 0.253 e. The first-order valence-corrected chi connectivity index (χ1v) is 8.00. The van der Waals surface area contributed by atoms with Crippen LogP contribution in [0.25, 0.3) is 22.2 Å². The molecule has 0 spiro atoms. The van der Waals surface area contributed by atoms with Gasteiger partial charge in [0.25, 0.3) is 5.91 Å². The quantitative estimate of drug-likeness (QED) is 0.428. The molecule has 0 radical (unpaired) electrons. The fourth-order valence-corrected chi connectivity index (χ4v) is 3.52. The molecule has 0 bridgehead atoms. The third kappa shape index (κ3) is 2.29. The number of oxime groups is 1. The molecule has 5 nitrogen and oxygen atoms in total. The molecule has 2 N–H and O–H groups in total. The highest BCUT2D eigenvalue weighted by Crippen LogP contribution is 2.36. The number of rotatable bonds is 2. The van der Waals surface area contributed by atoms with Crippen molar-refractivity contribution in [3.63, 3.8) is 0 Å². The molecule has 25 heavy (non-hydrogen) atoms. The van der Waals surface area contributed by atoms with Gasteiger partial charge in [0.1, 0.15) is 5.82 Å². The van der Waals surface area contributed by atoms with Gasteiger partial charge in [0, 0.05) is 24.0 Å². The van der Waals surface area contributed by atoms with Crippen molar-refractivity contribution in [2.45, 2.75) is 13.5 Å². The van der Waals surface area contributed by atoms with Crippen LogP contribution in [0.4, 0.5) is 4.39 Å². The van der Waals surface area contributed by atoms with Crippen LogP contribution in [0.5, 0.6) is 0 Å². The number of halogens is 1. The van der Waals surface area contributed by atoms with Gasteiger partial charge < -0.3 is 15.1 Å². The van der Waals surface area contributed by atoms with Gasteiger partial charge in [-0.3, -0.25) is 4.79 Å². The largest absolute Gasteiger partial charge is 0.411 e. The Morgan fingerprint density at radius 3 is 2.72 bits per heavy atom. The Morgan fingerprint density at radius 1 is 1.24 bits per heavy atom. The molecule has 0 saturated carbocycles. The summed E-state index contributed by atoms with van der Waals surface area (Å²) in [6, 6.07) is 11.7. The van der Waals surface area contributed by atoms with Crippen LogP contribution in [-0.2, 0) is 6.54 Å². The summed E-state index contributed by atoms with van der Waals surface area (Å²) in [4.78, 5) is 12.4. The first-order chi connectivity index (χ1) is 12.1. The molecule has 0 aliphatic carbocycles. The number of carbonyl (C=O) groups is 1. The molecule has 3 aromatic rings. The molecular weight excluding hydrogens is 321 g/mol. The average molecular weight is 337 g/mol. The second-order valence-corrected chi connectivity index (χ2v) is 6.03. The molecule has 1 aliphatic heterocycles. The summed E-state index contributed by atoms with van der Waals surface area (Å²) in [6.45, 7) is 2.77. The lowest BCUT2D eigenvalue weighted by Crippen LogP contribution is -2.24. The van der Waals surface area contributed by atoms with Crippen LogP contribution in [0.1, 0.15) is 22.8 Å². The van der Waals surface area contributed by atoms with Crippen LogP contribution in [0.15, 0.2) is 47.6 Å². The SMILES string of the molecule is C/C(=N\O)c1c(-c2ccc(F)cc2)n2c3c(cccc13)C(=O)NCC2. The lowest BCUT2D eigenvalue weighted by atomic mass is 10.0. The maximum atomic E-state index is 13.4. The summed E-state index contributed by atoms with van der Waals surface area (Å²) < 4.78 is 15.4. The van der Waals surface area contributed by atoms with Crippen molar-refractivity contribution in [2.75, 3.05) is 6.54 Å². The number of amides is 1. The van der Waals surface area contributed by atoms with Crippen LogP contribution < -0.4 is 5.32 Å². The van der Waals surface area contributed by atoms with Crippen molar-refractivity contribution in [3.8, 4) is 11.3 Å². The monoisotopic (exact) mass is 337 g/mol. The number of carbonyl (C=O) groups excluding carboxylic acids is 1. The molecule has 1 aliphatic rings. The van der Waals surface area contributed by atoms with Gasteiger partial charge >= 0.3 is 0 Å². The van der Waals surface area contributed by atoms with Crippen LogP contribution >= 0.6 is 0 Å². The van der Waals surface area contributed by atoms with Crippen molar-refractivity contribution >= 4 is 22.5 Å². The average Bonchev–Trinajstić information content (AvgIpc) is 2.86. The first kappa shape index (κ1) is 15.4. The van der Waals surface area contributed by atoms with Crippen molar-refractivity contribution < 1.29 is 14.4 Å². The normalized spacial score (nSPS) is 14.5. The summed E-state index contributed by atoms with van der Waals surface area (Å²) in [7, 11) is 0. The van der Waals surface area contributed by atoms with E-state index in [2.05, 4.69) is 10.5 Å². The fraction of sp³-hybridized carbons (Fsp3) is 0.158. The van der Waals surface area contributed by atoms with Gasteiger partial charge in [-0.05, 0) is 42.8 Å². The van der Waals surface area contributed by atoms with E-state index in [9.17, 15) is 14.4 Å². The predicted octanol–water partition coefficient (Wildman–Crippen LogP) is 3.39. The Balaban J connectivity index is 2.16. The molecule has 4 rings (SSSR count). The predicted molar refractivity (Wildman–Crippen MR) is 93.7 cm³/mol. The van der Waals surface area contributed by atoms with Crippen LogP contribution in [0.2, 0.25) is 0 Å². The Morgan fingerprint density at radius 2 is 2.00 bits per heavy atom. The number of nitrogens with zero attached hydrogens (tertiary/aromatic N) is 2. The van der Waals surface area contributed by atoms with Gasteiger partial charge in [-0.2, -0.15) is 0 Å². The fourth-order valence-electron chi connectivity index (χ4n) is 3.52. The molecule has 0 atom stereocenters. The van der Waals surface area contributed by atoms with Crippen molar-refractivity contribution in [1.29, 1.82) is 0 Å². The van der Waals surface area contributed by atoms with E-state index in [4.69, 9.17) is 0 Å². The summed E-state index contributed by atoms with van der Waals surface area (Å²) in [5, 5.41) is 16.5. The number of hydrogen-bond acceptors (Lipinski definition) is 3. The summed E-state index contributed by atoms with van der Waals surface area (Å²) in [6.07, 6.45) is 0. The minimum atomic E-state index is -0.317. The number of hydrogen-bond donors (Lipinski definition) is 2. The molecule has 2 heterocycles. The molecule has 1 aromatic heterocycles. The zero-order valence-corrected chi connectivity index (χ0v) is 13.6. The van der Waals surface area contributed by atoms with Crippen molar-refractivity contribution in [2.24, 2.45) is 5.16 Å². The smallest absolute Gasteiger partial charge is 0.253 e. The second-order valence-electron chi connectivity index (χ2n) is 6.03. The van der Waals surface area contributed by atoms with E-state index in [0.29, 0.717) is 24.4 Å². The zero-order valence-electron chi connectivity index (χ0n) is 13.6. The number of benzene rings is 2. The topological polar surface area (TPSA) is 66.6 Å². The van der Waals surface area contributed by atoms with E-state index in [1.165, 1.54) is 12.1 Å². The van der Waals surface area contributed by atoms with Gasteiger partial charge in [-0.1, -0.05) is 17.3 Å². The molecule has 0 saturated heterocycles. The Kier molecular flexibility index (Phi) is 3.53. The van der Waals surface area contributed by atoms with Gasteiger partial charge in [-0.25, -0.2) is 4.39 Å². The van der Waals surface area contributed by atoms with Crippen molar-refractivity contribution in [3.05, 3.63) is 59.4 Å². The molecular formula is C19H16FN3O2. The van der Waals surface area contributed by atoms with E-state index in [1.54, 1.807) is 25.1 Å². The minimum Gasteiger partial charge on any atom is -0.411 e. The summed E-state index contributed by atoms with van der Waals surface area (Å²) in [5.74, 6) is -0.444. The molecule has 1 amide bonds. The molecule has 2 aromatic carbocycles. The Bertz CT molecular complexity index is 1020. The molecule has 0 unspecified atom stereocenters. The minimum absolute atomic E-state index is 0.127. The molecule has 0 fully saturated rings. The highest BCUT2D eigenvalue weighted by atomic mass is 19.1. The van der Waals surface area contributed by atoms with Gasteiger partial charge in [-0.15, -0.1) is 0 Å². The highest BCUT2D eigenvalue weighted by molar-refractivity contribution is 6.18. The third-order valence-corrected chi connectivity index (χ3v) is 4.58. The van der Waals surface area contributed by atoms with E-state index >= 15 is 0 Å². The van der Waals surface area contributed by atoms with Crippen LogP contribution in [0, 0.1) is 5.82 Å². The van der Waals surface area contributed by atoms with Gasteiger partial charge in [0.2, 0.25) is 0 Å². The summed E-state index contributed by atoms with van der Waals surface area (Å²) in [5.41, 5.74) is 4.19. The van der Waals surface area contributed by atoms with E-state index < -0.39 is 0 Å². The van der Waals surface area contributed by atoms with Crippen LogP contribution in [0.3, 0.4) is 0 Å². The number of para-hydroxylation sites is 1. The first-order valence-electron chi connectivity index (χ1n) is 8.00. The van der Waals surface area contributed by atoms with Crippen molar-refractivity contribution in [1.82, 2.24) is 9.88 Å². The zero-order chi connectivity index (χ0) is 17.6. The lowest BCUT2D eigenvalue weighted by Gasteiger charge is -2.11. The molecule has 6 heteroatoms. The van der Waals surface area contributed by atoms with Gasteiger partial charge in [0.05, 0.1) is 22.5 Å². The lowest BCUT2D eigenvalue weighted by molar-refractivity contribution is 0.0956. The second kappa shape index (κ2) is 5.73. The third-order valence-electron chi connectivity index (χ3n) is 4.58. The molecule has 126 valence electrons. The van der Waals surface area contributed by atoms with E-state index in [-0.39, 0.29) is 11.7 Å². The Hall–Kier alpha value is -3.15. The maximum absolute atomic E-state index is 13.4. The number of aromatic nitrogens is 1. The standard InChI is InChI=1S/C19H16FN3O2/c1-11(22-25)16-14-3-2-4-15-18(14)23(10-9-21-19(15)24)17(16)12-5-7-13(20)8-6-12/h2-8,25H,9-10H2,1H3,(H,21,24)/b22-11+.